The molecule has 0 aromatic heterocycles. The van der Waals surface area contributed by atoms with Crippen LogP contribution in [0.2, 0.25) is 0 Å². The van der Waals surface area contributed by atoms with Crippen LogP contribution in [0.15, 0.2) is 0 Å². The Hall–Kier alpha value is -0.120. The van der Waals surface area contributed by atoms with Crippen LogP contribution in [0.1, 0.15) is 72.1 Å². The molecule has 1 saturated carbocycles. The minimum atomic E-state index is 0.283. The lowest BCUT2D eigenvalue weighted by molar-refractivity contribution is -0.0665. The SMILES string of the molecule is CCC1CN(CC2CCC3(CCCC3)O2)C(C)(CC)CN1. The van der Waals surface area contributed by atoms with Gasteiger partial charge in [-0.05, 0) is 45.4 Å². The van der Waals surface area contributed by atoms with Gasteiger partial charge in [-0.1, -0.05) is 26.7 Å². The molecule has 122 valence electrons. The number of nitrogens with one attached hydrogen (secondary N) is 1. The van der Waals surface area contributed by atoms with E-state index in [0.717, 1.165) is 13.1 Å². The van der Waals surface area contributed by atoms with Crippen LogP contribution in [-0.2, 0) is 4.74 Å². The number of hydrogen-bond acceptors (Lipinski definition) is 3. The fourth-order valence-corrected chi connectivity index (χ4v) is 4.60. The smallest absolute Gasteiger partial charge is 0.0710 e. The van der Waals surface area contributed by atoms with Crippen LogP contribution in [0.3, 0.4) is 0 Å². The highest BCUT2D eigenvalue weighted by molar-refractivity contribution is 4.98. The van der Waals surface area contributed by atoms with Crippen molar-refractivity contribution in [2.75, 3.05) is 19.6 Å². The van der Waals surface area contributed by atoms with E-state index < -0.39 is 0 Å². The quantitative estimate of drug-likeness (QED) is 0.861. The molecule has 3 rings (SSSR count). The van der Waals surface area contributed by atoms with Crippen molar-refractivity contribution < 1.29 is 4.74 Å². The summed E-state index contributed by atoms with van der Waals surface area (Å²) in [4.78, 5) is 2.73. The first-order chi connectivity index (χ1) is 10.1. The van der Waals surface area contributed by atoms with Gasteiger partial charge in [-0.2, -0.15) is 0 Å². The van der Waals surface area contributed by atoms with Gasteiger partial charge in [0, 0.05) is 31.2 Å². The Balaban J connectivity index is 1.61. The van der Waals surface area contributed by atoms with Crippen LogP contribution in [0, 0.1) is 0 Å². The number of ether oxygens (including phenoxy) is 1. The van der Waals surface area contributed by atoms with Crippen molar-refractivity contribution in [2.24, 2.45) is 0 Å². The molecule has 3 heteroatoms. The summed E-state index contributed by atoms with van der Waals surface area (Å²) in [5.41, 5.74) is 0.589. The molecule has 2 aliphatic heterocycles. The maximum absolute atomic E-state index is 6.56. The van der Waals surface area contributed by atoms with Crippen LogP contribution in [0.5, 0.6) is 0 Å². The second-order valence-electron chi connectivity index (χ2n) is 7.91. The predicted octanol–water partition coefficient (Wildman–Crippen LogP) is 3.33. The summed E-state index contributed by atoms with van der Waals surface area (Å²) < 4.78 is 6.56. The van der Waals surface area contributed by atoms with Gasteiger partial charge in [0.1, 0.15) is 0 Å². The number of nitrogens with zero attached hydrogens (tertiary/aromatic N) is 1. The van der Waals surface area contributed by atoms with Crippen LogP contribution in [0.25, 0.3) is 0 Å². The molecule has 0 aromatic rings. The van der Waals surface area contributed by atoms with E-state index in [2.05, 4.69) is 31.0 Å². The minimum absolute atomic E-state index is 0.283. The lowest BCUT2D eigenvalue weighted by atomic mass is 9.91. The molecule has 0 amide bonds. The van der Waals surface area contributed by atoms with Crippen LogP contribution in [-0.4, -0.2) is 47.8 Å². The van der Waals surface area contributed by atoms with Crippen molar-refractivity contribution in [1.29, 1.82) is 0 Å². The minimum Gasteiger partial charge on any atom is -0.370 e. The zero-order chi connectivity index (χ0) is 14.9. The zero-order valence-corrected chi connectivity index (χ0v) is 14.3. The van der Waals surface area contributed by atoms with Crippen LogP contribution >= 0.6 is 0 Å². The molecule has 21 heavy (non-hydrogen) atoms. The molecule has 3 fully saturated rings. The van der Waals surface area contributed by atoms with Crippen molar-refractivity contribution in [1.82, 2.24) is 10.2 Å². The highest BCUT2D eigenvalue weighted by Crippen LogP contribution is 2.43. The molecule has 0 aromatic carbocycles. The normalized spacial score (nSPS) is 40.1. The van der Waals surface area contributed by atoms with E-state index >= 15 is 0 Å². The van der Waals surface area contributed by atoms with Gasteiger partial charge in [0.2, 0.25) is 0 Å². The van der Waals surface area contributed by atoms with Crippen LogP contribution in [0.4, 0.5) is 0 Å². The second kappa shape index (κ2) is 6.17. The van der Waals surface area contributed by atoms with Gasteiger partial charge in [0.25, 0.3) is 0 Å². The molecular formula is C18H34N2O. The molecule has 3 atom stereocenters. The number of hydrogen-bond donors (Lipinski definition) is 1. The Labute approximate surface area is 130 Å². The molecule has 1 N–H and O–H groups in total. The van der Waals surface area contributed by atoms with E-state index in [1.54, 1.807) is 0 Å². The molecule has 2 saturated heterocycles. The van der Waals surface area contributed by atoms with E-state index in [9.17, 15) is 0 Å². The highest BCUT2D eigenvalue weighted by atomic mass is 16.5. The van der Waals surface area contributed by atoms with Crippen molar-refractivity contribution in [2.45, 2.75) is 95.4 Å². The maximum Gasteiger partial charge on any atom is 0.0710 e. The largest absolute Gasteiger partial charge is 0.370 e. The molecule has 1 spiro atoms. The average Bonchev–Trinajstić information content (AvgIpc) is 3.12. The summed E-state index contributed by atoms with van der Waals surface area (Å²) in [7, 11) is 0. The highest BCUT2D eigenvalue weighted by Gasteiger charge is 2.44. The third-order valence-electron chi connectivity index (χ3n) is 6.51. The van der Waals surface area contributed by atoms with E-state index in [1.165, 1.54) is 57.9 Å². The van der Waals surface area contributed by atoms with Gasteiger partial charge in [0.15, 0.2) is 0 Å². The third kappa shape index (κ3) is 3.16. The van der Waals surface area contributed by atoms with E-state index in [1.807, 2.05) is 0 Å². The Morgan fingerprint density at radius 1 is 1.19 bits per heavy atom. The van der Waals surface area contributed by atoms with Crippen molar-refractivity contribution >= 4 is 0 Å². The summed E-state index contributed by atoms with van der Waals surface area (Å²) in [6, 6.07) is 0.659. The van der Waals surface area contributed by atoms with Gasteiger partial charge < -0.3 is 10.1 Å². The number of rotatable bonds is 4. The molecule has 0 radical (unpaired) electrons. The molecule has 3 nitrogen and oxygen atoms in total. The average molecular weight is 294 g/mol. The van der Waals surface area contributed by atoms with Crippen molar-refractivity contribution in [3.8, 4) is 0 Å². The zero-order valence-electron chi connectivity index (χ0n) is 14.3. The van der Waals surface area contributed by atoms with E-state index in [-0.39, 0.29) is 5.60 Å². The summed E-state index contributed by atoms with van der Waals surface area (Å²) in [6.07, 6.45) is 10.9. The molecule has 2 heterocycles. The van der Waals surface area contributed by atoms with Crippen molar-refractivity contribution in [3.63, 3.8) is 0 Å². The lowest BCUT2D eigenvalue weighted by Gasteiger charge is -2.48. The van der Waals surface area contributed by atoms with Gasteiger partial charge in [-0.25, -0.2) is 0 Å². The Morgan fingerprint density at radius 3 is 2.62 bits per heavy atom. The molecule has 3 unspecified atom stereocenters. The van der Waals surface area contributed by atoms with Crippen molar-refractivity contribution in [3.05, 3.63) is 0 Å². The van der Waals surface area contributed by atoms with Crippen LogP contribution < -0.4 is 5.32 Å². The fourth-order valence-electron chi connectivity index (χ4n) is 4.60. The summed E-state index contributed by atoms with van der Waals surface area (Å²) in [5, 5.41) is 3.73. The topological polar surface area (TPSA) is 24.5 Å². The van der Waals surface area contributed by atoms with Gasteiger partial charge in [-0.15, -0.1) is 0 Å². The Morgan fingerprint density at radius 2 is 1.95 bits per heavy atom. The van der Waals surface area contributed by atoms with Gasteiger partial charge >= 0.3 is 0 Å². The molecule has 0 bridgehead atoms. The lowest BCUT2D eigenvalue weighted by Crippen LogP contribution is -2.64. The summed E-state index contributed by atoms with van der Waals surface area (Å²) in [5.74, 6) is 0. The van der Waals surface area contributed by atoms with Gasteiger partial charge in [-0.3, -0.25) is 4.90 Å². The van der Waals surface area contributed by atoms with Gasteiger partial charge in [0.05, 0.1) is 11.7 Å². The van der Waals surface area contributed by atoms with E-state index in [4.69, 9.17) is 4.74 Å². The predicted molar refractivity (Wildman–Crippen MR) is 87.7 cm³/mol. The first-order valence-electron chi connectivity index (χ1n) is 9.25. The maximum atomic E-state index is 6.56. The first kappa shape index (κ1) is 15.8. The Bertz CT molecular complexity index is 353. The third-order valence-corrected chi connectivity index (χ3v) is 6.51. The Kier molecular flexibility index (Phi) is 4.63. The fraction of sp³-hybridized carbons (Fsp3) is 1.00. The van der Waals surface area contributed by atoms with E-state index in [0.29, 0.717) is 17.7 Å². The molecular weight excluding hydrogens is 260 g/mol. The first-order valence-corrected chi connectivity index (χ1v) is 9.25. The summed E-state index contributed by atoms with van der Waals surface area (Å²) in [6.45, 7) is 10.5. The second-order valence-corrected chi connectivity index (χ2v) is 7.91. The standard InChI is InChI=1S/C18H34N2O/c1-4-15-12-20(17(3,5-2)14-19-15)13-16-8-11-18(21-16)9-6-7-10-18/h15-16,19H,4-14H2,1-3H3. The summed E-state index contributed by atoms with van der Waals surface area (Å²) >= 11 is 0. The molecule has 3 aliphatic rings. The number of piperazine rings is 1. The molecule has 1 aliphatic carbocycles. The monoisotopic (exact) mass is 294 g/mol.